The normalized spacial score (nSPS) is 11.4. The van der Waals surface area contributed by atoms with Crippen LogP contribution in [0.15, 0.2) is 237 Å². The predicted molar refractivity (Wildman–Crippen MR) is 253 cm³/mol. The van der Waals surface area contributed by atoms with E-state index in [-0.39, 0.29) is 0 Å². The maximum absolute atomic E-state index is 2.39. The molecular weight excluding hydrogens is 711 g/mol. The smallest absolute Gasteiger partial charge is 0.0468 e. The van der Waals surface area contributed by atoms with Crippen molar-refractivity contribution in [3.8, 4) is 44.5 Å². The second kappa shape index (κ2) is 14.6. The van der Waals surface area contributed by atoms with Gasteiger partial charge in [0.25, 0.3) is 0 Å². The molecule has 0 saturated carbocycles. The molecule has 1 heteroatoms. The number of nitrogens with zero attached hydrogens (tertiary/aromatic N) is 1. The fourth-order valence-corrected chi connectivity index (χ4v) is 8.92. The van der Waals surface area contributed by atoms with Gasteiger partial charge in [0.1, 0.15) is 0 Å². The molecule has 0 aromatic heterocycles. The minimum absolute atomic E-state index is 1.09. The van der Waals surface area contributed by atoms with Gasteiger partial charge in [-0.1, -0.05) is 194 Å². The third-order valence-corrected chi connectivity index (χ3v) is 11.9. The molecule has 0 radical (unpaired) electrons. The quantitative estimate of drug-likeness (QED) is 0.147. The summed E-state index contributed by atoms with van der Waals surface area (Å²) in [7, 11) is 0. The van der Waals surface area contributed by atoms with Gasteiger partial charge in [0, 0.05) is 17.1 Å². The van der Waals surface area contributed by atoms with Crippen LogP contribution in [0.4, 0.5) is 17.1 Å². The van der Waals surface area contributed by atoms with E-state index >= 15 is 0 Å². The van der Waals surface area contributed by atoms with Crippen LogP contribution in [0.3, 0.4) is 0 Å². The molecule has 11 aromatic rings. The molecule has 0 aliphatic heterocycles. The van der Waals surface area contributed by atoms with Gasteiger partial charge in [0.05, 0.1) is 0 Å². The summed E-state index contributed by atoms with van der Waals surface area (Å²) in [6.45, 7) is 0. The summed E-state index contributed by atoms with van der Waals surface area (Å²) in [5.41, 5.74) is 12.9. The number of hydrogen-bond donors (Lipinski definition) is 0. The van der Waals surface area contributed by atoms with Crippen LogP contribution in [-0.4, -0.2) is 0 Å². The summed E-state index contributed by atoms with van der Waals surface area (Å²) in [5, 5.41) is 10.1. The van der Waals surface area contributed by atoms with Gasteiger partial charge in [0.15, 0.2) is 0 Å². The van der Waals surface area contributed by atoms with Gasteiger partial charge < -0.3 is 4.90 Å². The van der Waals surface area contributed by atoms with E-state index in [4.69, 9.17) is 0 Å². The molecule has 0 fully saturated rings. The van der Waals surface area contributed by atoms with Crippen molar-refractivity contribution in [2.75, 3.05) is 4.90 Å². The van der Waals surface area contributed by atoms with Crippen molar-refractivity contribution < 1.29 is 0 Å². The van der Waals surface area contributed by atoms with Crippen molar-refractivity contribution in [1.82, 2.24) is 0 Å². The molecule has 0 bridgehead atoms. The lowest BCUT2D eigenvalue weighted by atomic mass is 9.91. The highest BCUT2D eigenvalue weighted by atomic mass is 15.1. The standard InChI is InChI=1S/C58H39N/c1-3-12-40(13-4-1)41-22-29-48(30-23-41)59(49-31-24-45(25-32-49)52-21-11-18-43-16-7-9-19-51(43)52)50-33-37-54(42-14-5-2-6-15-42)58(39-50)47-27-34-55-46(38-47)28-36-56-53-20-10-8-17-44(53)26-35-57(55)56/h1-39H. The fourth-order valence-electron chi connectivity index (χ4n) is 8.92. The van der Waals surface area contributed by atoms with Crippen LogP contribution in [0.1, 0.15) is 0 Å². The molecular formula is C58H39N. The Morgan fingerprint density at radius 2 is 0.678 bits per heavy atom. The summed E-state index contributed by atoms with van der Waals surface area (Å²) in [4.78, 5) is 2.39. The maximum atomic E-state index is 2.39. The van der Waals surface area contributed by atoms with Crippen LogP contribution in [0.25, 0.3) is 87.6 Å². The van der Waals surface area contributed by atoms with E-state index in [1.54, 1.807) is 0 Å². The molecule has 0 heterocycles. The van der Waals surface area contributed by atoms with Crippen LogP contribution < -0.4 is 4.90 Å². The molecule has 0 atom stereocenters. The van der Waals surface area contributed by atoms with Crippen LogP contribution >= 0.6 is 0 Å². The van der Waals surface area contributed by atoms with Crippen LogP contribution in [0.5, 0.6) is 0 Å². The Balaban J connectivity index is 1.07. The maximum Gasteiger partial charge on any atom is 0.0468 e. The summed E-state index contributed by atoms with van der Waals surface area (Å²) in [6.07, 6.45) is 0. The van der Waals surface area contributed by atoms with E-state index in [2.05, 4.69) is 241 Å². The first-order valence-electron chi connectivity index (χ1n) is 20.3. The molecule has 59 heavy (non-hydrogen) atoms. The highest BCUT2D eigenvalue weighted by Crippen LogP contribution is 2.43. The van der Waals surface area contributed by atoms with Crippen molar-refractivity contribution in [3.63, 3.8) is 0 Å². The molecule has 11 aromatic carbocycles. The van der Waals surface area contributed by atoms with Gasteiger partial charge in [-0.05, 0) is 130 Å². The van der Waals surface area contributed by atoms with E-state index in [1.807, 2.05) is 0 Å². The predicted octanol–water partition coefficient (Wildman–Crippen LogP) is 16.4. The monoisotopic (exact) mass is 749 g/mol. The van der Waals surface area contributed by atoms with Gasteiger partial charge >= 0.3 is 0 Å². The van der Waals surface area contributed by atoms with Crippen molar-refractivity contribution in [2.24, 2.45) is 0 Å². The van der Waals surface area contributed by atoms with Gasteiger partial charge in [-0.25, -0.2) is 0 Å². The molecule has 1 nitrogen and oxygen atoms in total. The zero-order chi connectivity index (χ0) is 39.1. The zero-order valence-corrected chi connectivity index (χ0v) is 32.5. The molecule has 0 unspecified atom stereocenters. The summed E-state index contributed by atoms with van der Waals surface area (Å²) >= 11 is 0. The van der Waals surface area contributed by atoms with Crippen molar-refractivity contribution in [3.05, 3.63) is 237 Å². The van der Waals surface area contributed by atoms with Gasteiger partial charge in [-0.15, -0.1) is 0 Å². The first-order chi connectivity index (χ1) is 29.2. The number of rotatable bonds is 7. The minimum atomic E-state index is 1.09. The zero-order valence-electron chi connectivity index (χ0n) is 32.5. The molecule has 0 aliphatic carbocycles. The molecule has 0 N–H and O–H groups in total. The second-order valence-corrected chi connectivity index (χ2v) is 15.3. The molecule has 0 saturated heterocycles. The average molecular weight is 750 g/mol. The third kappa shape index (κ3) is 6.30. The van der Waals surface area contributed by atoms with E-state index in [0.29, 0.717) is 0 Å². The minimum Gasteiger partial charge on any atom is -0.310 e. The number of hydrogen-bond acceptors (Lipinski definition) is 1. The number of anilines is 3. The lowest BCUT2D eigenvalue weighted by Gasteiger charge is -2.27. The van der Waals surface area contributed by atoms with Crippen molar-refractivity contribution >= 4 is 60.2 Å². The second-order valence-electron chi connectivity index (χ2n) is 15.3. The van der Waals surface area contributed by atoms with E-state index in [1.165, 1.54) is 87.6 Å². The first-order valence-corrected chi connectivity index (χ1v) is 20.3. The van der Waals surface area contributed by atoms with E-state index in [0.717, 1.165) is 17.1 Å². The topological polar surface area (TPSA) is 3.24 Å². The summed E-state index contributed by atoms with van der Waals surface area (Å²) < 4.78 is 0. The van der Waals surface area contributed by atoms with E-state index < -0.39 is 0 Å². The molecule has 0 amide bonds. The molecule has 0 aliphatic rings. The Kier molecular flexibility index (Phi) is 8.56. The lowest BCUT2D eigenvalue weighted by Crippen LogP contribution is -2.10. The van der Waals surface area contributed by atoms with Crippen LogP contribution in [-0.2, 0) is 0 Å². The molecule has 11 rings (SSSR count). The summed E-state index contributed by atoms with van der Waals surface area (Å²) in [5.74, 6) is 0. The van der Waals surface area contributed by atoms with Crippen LogP contribution in [0.2, 0.25) is 0 Å². The van der Waals surface area contributed by atoms with Gasteiger partial charge in [-0.2, -0.15) is 0 Å². The summed E-state index contributed by atoms with van der Waals surface area (Å²) in [6, 6.07) is 86.3. The fraction of sp³-hybridized carbons (Fsp3) is 0. The van der Waals surface area contributed by atoms with Crippen molar-refractivity contribution in [1.29, 1.82) is 0 Å². The Labute approximate surface area is 344 Å². The SMILES string of the molecule is c1ccc(-c2ccc(N(c3ccc(-c4cccc5ccccc45)cc3)c3ccc(-c4ccccc4)c(-c4ccc5c(ccc6c7ccccc7ccc56)c4)c3)cc2)cc1. The van der Waals surface area contributed by atoms with Gasteiger partial charge in [0.2, 0.25) is 0 Å². The Bertz CT molecular complexity index is 3290. The Morgan fingerprint density at radius 3 is 1.39 bits per heavy atom. The highest BCUT2D eigenvalue weighted by molar-refractivity contribution is 6.17. The number of fused-ring (bicyclic) bond motifs is 6. The Morgan fingerprint density at radius 1 is 0.203 bits per heavy atom. The molecule has 276 valence electrons. The van der Waals surface area contributed by atoms with Gasteiger partial charge in [-0.3, -0.25) is 0 Å². The van der Waals surface area contributed by atoms with Crippen LogP contribution in [0, 0.1) is 0 Å². The largest absolute Gasteiger partial charge is 0.310 e. The average Bonchev–Trinajstić information content (AvgIpc) is 3.32. The number of benzene rings is 11. The Hall–Kier alpha value is -7.74. The van der Waals surface area contributed by atoms with Crippen molar-refractivity contribution in [2.45, 2.75) is 0 Å². The molecule has 0 spiro atoms. The third-order valence-electron chi connectivity index (χ3n) is 11.9. The highest BCUT2D eigenvalue weighted by Gasteiger charge is 2.18. The first kappa shape index (κ1) is 34.5. The lowest BCUT2D eigenvalue weighted by molar-refractivity contribution is 1.28. The van der Waals surface area contributed by atoms with E-state index in [9.17, 15) is 0 Å².